The van der Waals surface area contributed by atoms with E-state index in [0.717, 1.165) is 5.56 Å². The minimum atomic E-state index is -2.08. The van der Waals surface area contributed by atoms with Gasteiger partial charge in [-0.2, -0.15) is 0 Å². The first-order valence-corrected chi connectivity index (χ1v) is 28.4. The van der Waals surface area contributed by atoms with Crippen molar-refractivity contribution in [3.63, 3.8) is 0 Å². The van der Waals surface area contributed by atoms with E-state index in [-0.39, 0.29) is 0 Å². The fraction of sp³-hybridized carbons (Fsp3) is 0.400. The average Bonchev–Trinajstić information content (AvgIpc) is 2.93. The number of nitriles is 1. The molecular formula is C15H21NS2Sn2. The van der Waals surface area contributed by atoms with Crippen LogP contribution in [0.4, 0.5) is 0 Å². The standard InChI is InChI=1S/C9H3NS2.6CH3.2Sn/c10-6-7-3-5-12-9(7)8-2-1-4-11-8;;;;;;;;/h1-3H;6*1H3;;. The Morgan fingerprint density at radius 2 is 1.50 bits per heavy atom. The molecule has 0 amide bonds. The molecule has 0 N–H and O–H groups in total. The van der Waals surface area contributed by atoms with Crippen LogP contribution in [-0.2, 0) is 0 Å². The summed E-state index contributed by atoms with van der Waals surface area (Å²) in [7, 11) is 0. The van der Waals surface area contributed by atoms with Crippen molar-refractivity contribution in [3.05, 3.63) is 23.8 Å². The number of nitrogens with zero attached hydrogens (tertiary/aromatic N) is 1. The molecule has 106 valence electrons. The molecule has 1 nitrogen and oxygen atoms in total. The Balaban J connectivity index is 2.51. The Labute approximate surface area is 138 Å². The van der Waals surface area contributed by atoms with Gasteiger partial charge in [0.25, 0.3) is 0 Å². The Morgan fingerprint density at radius 3 is 1.95 bits per heavy atom. The second kappa shape index (κ2) is 5.94. The van der Waals surface area contributed by atoms with Gasteiger partial charge in [-0.3, -0.25) is 0 Å². The molecule has 20 heavy (non-hydrogen) atoms. The average molecular weight is 517 g/mol. The topological polar surface area (TPSA) is 23.8 Å². The van der Waals surface area contributed by atoms with Crippen molar-refractivity contribution in [2.75, 3.05) is 0 Å². The van der Waals surface area contributed by atoms with Crippen LogP contribution in [0.5, 0.6) is 0 Å². The van der Waals surface area contributed by atoms with Crippen molar-refractivity contribution in [3.8, 4) is 15.8 Å². The summed E-state index contributed by atoms with van der Waals surface area (Å²) in [6.45, 7) is 0. The van der Waals surface area contributed by atoms with Crippen LogP contribution < -0.4 is 5.79 Å². The van der Waals surface area contributed by atoms with Gasteiger partial charge in [-0.1, -0.05) is 0 Å². The molecule has 0 fully saturated rings. The predicted molar refractivity (Wildman–Crippen MR) is 98.3 cm³/mol. The Hall–Kier alpha value is 0.487. The van der Waals surface area contributed by atoms with E-state index >= 15 is 0 Å². The molecule has 0 atom stereocenters. The third-order valence-corrected chi connectivity index (χ3v) is 24.5. The number of thiophene rings is 2. The van der Waals surface area contributed by atoms with Gasteiger partial charge in [0.05, 0.1) is 0 Å². The van der Waals surface area contributed by atoms with Crippen LogP contribution >= 0.6 is 22.7 Å². The van der Waals surface area contributed by atoms with Gasteiger partial charge in [-0.05, 0) is 0 Å². The second-order valence-electron chi connectivity index (χ2n) is 7.13. The molecule has 0 unspecified atom stereocenters. The molecule has 0 aliphatic heterocycles. The number of hydrogen-bond acceptors (Lipinski definition) is 3. The summed E-state index contributed by atoms with van der Waals surface area (Å²) >= 11 is -0.264. The molecule has 0 bridgehead atoms. The van der Waals surface area contributed by atoms with Gasteiger partial charge < -0.3 is 0 Å². The summed E-state index contributed by atoms with van der Waals surface area (Å²) in [5, 5.41) is 9.42. The molecule has 0 saturated heterocycles. The molecule has 0 spiro atoms. The van der Waals surface area contributed by atoms with E-state index < -0.39 is 36.8 Å². The van der Waals surface area contributed by atoms with E-state index in [1.165, 1.54) is 12.6 Å². The van der Waals surface area contributed by atoms with E-state index in [1.54, 1.807) is 2.89 Å². The Kier molecular flexibility index (Phi) is 5.00. The minimum absolute atomic E-state index is 0.883. The van der Waals surface area contributed by atoms with Crippen molar-refractivity contribution >= 4 is 65.2 Å². The third-order valence-electron chi connectivity index (χ3n) is 3.16. The summed E-state index contributed by atoms with van der Waals surface area (Å²) < 4.78 is 3.09. The molecule has 0 saturated carbocycles. The Morgan fingerprint density at radius 1 is 0.900 bits per heavy atom. The number of rotatable bonds is 3. The van der Waals surface area contributed by atoms with E-state index in [2.05, 4.69) is 53.9 Å². The first-order chi connectivity index (χ1) is 9.13. The molecule has 0 aliphatic rings. The zero-order valence-electron chi connectivity index (χ0n) is 13.0. The fourth-order valence-electron chi connectivity index (χ4n) is 1.89. The summed E-state index contributed by atoms with van der Waals surface area (Å²) in [6, 6.07) is 9.10. The van der Waals surface area contributed by atoms with Crippen molar-refractivity contribution < 1.29 is 0 Å². The van der Waals surface area contributed by atoms with Crippen LogP contribution in [0.2, 0.25) is 29.6 Å². The zero-order chi connectivity index (χ0) is 15.1. The monoisotopic (exact) mass is 519 g/mol. The maximum absolute atomic E-state index is 9.42. The van der Waals surface area contributed by atoms with Crippen LogP contribution in [-0.4, -0.2) is 36.8 Å². The van der Waals surface area contributed by atoms with Gasteiger partial charge in [0, 0.05) is 0 Å². The Bertz CT molecular complexity index is 663. The van der Waals surface area contributed by atoms with Gasteiger partial charge in [-0.25, -0.2) is 0 Å². The molecule has 5 heteroatoms. The molecule has 0 aromatic carbocycles. The fourth-order valence-corrected chi connectivity index (χ4v) is 14.6. The van der Waals surface area contributed by atoms with Crippen LogP contribution in [0.25, 0.3) is 9.75 Å². The molecular weight excluding hydrogens is 496 g/mol. The van der Waals surface area contributed by atoms with Crippen LogP contribution in [0.3, 0.4) is 0 Å². The van der Waals surface area contributed by atoms with Crippen LogP contribution in [0.1, 0.15) is 5.56 Å². The summed E-state index contributed by atoms with van der Waals surface area (Å²) in [4.78, 5) is 17.1. The van der Waals surface area contributed by atoms with E-state index in [4.69, 9.17) is 0 Å². The third kappa shape index (κ3) is 3.63. The molecule has 2 aromatic heterocycles. The van der Waals surface area contributed by atoms with Crippen molar-refractivity contribution in [1.82, 2.24) is 0 Å². The summed E-state index contributed by atoms with van der Waals surface area (Å²) in [6.07, 6.45) is 0. The van der Waals surface area contributed by atoms with E-state index in [0.29, 0.717) is 0 Å². The summed E-state index contributed by atoms with van der Waals surface area (Å²) in [5.41, 5.74) is 0.883. The van der Waals surface area contributed by atoms with Crippen LogP contribution in [0.15, 0.2) is 18.2 Å². The summed E-state index contributed by atoms with van der Waals surface area (Å²) in [5.74, 6) is 0. The van der Waals surface area contributed by atoms with Crippen molar-refractivity contribution in [1.29, 1.82) is 5.26 Å². The molecule has 2 heterocycles. The number of hydrogen-bond donors (Lipinski definition) is 0. The van der Waals surface area contributed by atoms with E-state index in [1.807, 2.05) is 22.7 Å². The quantitative estimate of drug-likeness (QED) is 0.554. The second-order valence-corrected chi connectivity index (χ2v) is 40.1. The van der Waals surface area contributed by atoms with Gasteiger partial charge in [0.15, 0.2) is 0 Å². The first-order valence-electron chi connectivity index (χ1n) is 6.78. The molecule has 2 aromatic rings. The molecule has 0 radical (unpaired) electrons. The maximum atomic E-state index is 9.42. The predicted octanol–water partition coefficient (Wildman–Crippen LogP) is 4.44. The van der Waals surface area contributed by atoms with Crippen LogP contribution in [0, 0.1) is 11.3 Å². The van der Waals surface area contributed by atoms with Crippen molar-refractivity contribution in [2.45, 2.75) is 29.6 Å². The zero-order valence-corrected chi connectivity index (χ0v) is 20.3. The first kappa shape index (κ1) is 16.9. The molecule has 2 rings (SSSR count). The van der Waals surface area contributed by atoms with Gasteiger partial charge in [0.1, 0.15) is 0 Å². The van der Waals surface area contributed by atoms with Crippen molar-refractivity contribution in [2.24, 2.45) is 0 Å². The SMILES string of the molecule is [CH3][Sn]([CH3])([CH3])[c]1ccc(-c2s[c]([Sn]([CH3])([CH3])[CH3])cc2C#N)s1. The molecule has 0 aliphatic carbocycles. The van der Waals surface area contributed by atoms with Gasteiger partial charge in [0.2, 0.25) is 0 Å². The van der Waals surface area contributed by atoms with Gasteiger partial charge in [-0.15, -0.1) is 0 Å². The van der Waals surface area contributed by atoms with Gasteiger partial charge >= 0.3 is 140 Å². The van der Waals surface area contributed by atoms with E-state index in [9.17, 15) is 5.26 Å². The normalized spacial score (nSPS) is 12.4.